The molecular formula is C8H5ClF3NO3. The summed E-state index contributed by atoms with van der Waals surface area (Å²) < 4.78 is 39.5. The van der Waals surface area contributed by atoms with Crippen LogP contribution in [0.2, 0.25) is 5.02 Å². The molecule has 0 aliphatic rings. The number of ether oxygens (including phenoxy) is 1. The summed E-state index contributed by atoms with van der Waals surface area (Å²) in [6.45, 7) is 1.29. The van der Waals surface area contributed by atoms with Crippen LogP contribution in [-0.4, -0.2) is 11.3 Å². The molecule has 0 N–H and O–H groups in total. The maximum absolute atomic E-state index is 12.0. The van der Waals surface area contributed by atoms with E-state index in [2.05, 4.69) is 4.74 Å². The number of nitrogens with zero attached hydrogens (tertiary/aromatic N) is 1. The molecule has 1 aromatic rings. The first-order valence-corrected chi connectivity index (χ1v) is 4.29. The van der Waals surface area contributed by atoms with Crippen molar-refractivity contribution in [2.24, 2.45) is 0 Å². The summed E-state index contributed by atoms with van der Waals surface area (Å²) in [7, 11) is 0. The average molecular weight is 256 g/mol. The minimum Gasteiger partial charge on any atom is -0.397 e. The molecule has 0 spiro atoms. The van der Waals surface area contributed by atoms with E-state index in [1.54, 1.807) is 0 Å². The average Bonchev–Trinajstić information content (AvgIpc) is 2.08. The first-order chi connectivity index (χ1) is 7.22. The maximum atomic E-state index is 12.0. The van der Waals surface area contributed by atoms with Gasteiger partial charge in [0.15, 0.2) is 0 Å². The van der Waals surface area contributed by atoms with Crippen molar-refractivity contribution in [1.82, 2.24) is 0 Å². The highest BCUT2D eigenvalue weighted by Gasteiger charge is 2.36. The molecule has 0 atom stereocenters. The molecule has 0 fully saturated rings. The summed E-state index contributed by atoms with van der Waals surface area (Å²) in [5, 5.41) is 10.1. The van der Waals surface area contributed by atoms with Crippen LogP contribution in [0.5, 0.6) is 5.75 Å². The molecule has 16 heavy (non-hydrogen) atoms. The quantitative estimate of drug-likeness (QED) is 0.601. The zero-order chi connectivity index (χ0) is 12.5. The fraction of sp³-hybridized carbons (Fsp3) is 0.250. The molecule has 0 heterocycles. The molecule has 0 aromatic heterocycles. The maximum Gasteiger partial charge on any atom is 0.573 e. The minimum atomic E-state index is -5.03. The zero-order valence-corrected chi connectivity index (χ0v) is 8.59. The van der Waals surface area contributed by atoms with Gasteiger partial charge in [-0.2, -0.15) is 0 Å². The highest BCUT2D eigenvalue weighted by atomic mass is 35.5. The molecule has 88 valence electrons. The molecule has 0 radical (unpaired) electrons. The second-order valence-corrected chi connectivity index (χ2v) is 3.25. The van der Waals surface area contributed by atoms with Crippen molar-refractivity contribution < 1.29 is 22.8 Å². The summed E-state index contributed by atoms with van der Waals surface area (Å²) >= 11 is 5.42. The van der Waals surface area contributed by atoms with Gasteiger partial charge in [-0.25, -0.2) is 0 Å². The van der Waals surface area contributed by atoms with E-state index in [9.17, 15) is 23.3 Å². The lowest BCUT2D eigenvalue weighted by molar-refractivity contribution is -0.389. The van der Waals surface area contributed by atoms with E-state index in [4.69, 9.17) is 11.6 Å². The first-order valence-electron chi connectivity index (χ1n) is 3.91. The SMILES string of the molecule is Cc1ccc(Cl)c(OC(F)(F)F)c1[N+](=O)[O-]. The predicted molar refractivity (Wildman–Crippen MR) is 49.5 cm³/mol. The number of nitro benzene ring substituents is 1. The van der Waals surface area contributed by atoms with E-state index >= 15 is 0 Å². The Morgan fingerprint density at radius 2 is 2.00 bits per heavy atom. The number of alkyl halides is 3. The molecule has 8 heteroatoms. The summed E-state index contributed by atoms with van der Waals surface area (Å²) in [5.41, 5.74) is -0.751. The molecule has 4 nitrogen and oxygen atoms in total. The van der Waals surface area contributed by atoms with Crippen molar-refractivity contribution in [3.8, 4) is 5.75 Å². The highest BCUT2D eigenvalue weighted by molar-refractivity contribution is 6.32. The molecule has 0 unspecified atom stereocenters. The number of hydrogen-bond acceptors (Lipinski definition) is 3. The molecule has 0 amide bonds. The van der Waals surface area contributed by atoms with Gasteiger partial charge in [0.2, 0.25) is 5.75 Å². The van der Waals surface area contributed by atoms with E-state index in [1.165, 1.54) is 13.0 Å². The standard InChI is InChI=1S/C8H5ClF3NO3/c1-4-2-3-5(9)7(6(4)13(14)15)16-8(10,11)12/h2-3H,1H3. The van der Waals surface area contributed by atoms with Crippen LogP contribution in [0.25, 0.3) is 0 Å². The summed E-state index contributed by atoms with van der Waals surface area (Å²) in [5.74, 6) is -0.987. The summed E-state index contributed by atoms with van der Waals surface area (Å²) in [4.78, 5) is 9.61. The van der Waals surface area contributed by atoms with Crippen LogP contribution in [0.3, 0.4) is 0 Å². The lowest BCUT2D eigenvalue weighted by Gasteiger charge is -2.11. The molecule has 0 bridgehead atoms. The van der Waals surface area contributed by atoms with Crippen LogP contribution >= 0.6 is 11.6 Å². The van der Waals surface area contributed by atoms with Crippen molar-refractivity contribution in [3.05, 3.63) is 32.8 Å². The Kier molecular flexibility index (Phi) is 3.27. The molecule has 1 aromatic carbocycles. The second-order valence-electron chi connectivity index (χ2n) is 2.85. The molecule has 0 aliphatic heterocycles. The van der Waals surface area contributed by atoms with Crippen LogP contribution in [0.4, 0.5) is 18.9 Å². The predicted octanol–water partition coefficient (Wildman–Crippen LogP) is 3.46. The molecule has 1 rings (SSSR count). The highest BCUT2D eigenvalue weighted by Crippen LogP contribution is 2.40. The molecule has 0 saturated heterocycles. The fourth-order valence-electron chi connectivity index (χ4n) is 1.08. The van der Waals surface area contributed by atoms with Gasteiger partial charge in [0.25, 0.3) is 0 Å². The van der Waals surface area contributed by atoms with Crippen molar-refractivity contribution in [1.29, 1.82) is 0 Å². The smallest absolute Gasteiger partial charge is 0.397 e. The Morgan fingerprint density at radius 1 is 1.44 bits per heavy atom. The van der Waals surface area contributed by atoms with Gasteiger partial charge in [-0.1, -0.05) is 17.7 Å². The van der Waals surface area contributed by atoms with Crippen LogP contribution in [-0.2, 0) is 0 Å². The van der Waals surface area contributed by atoms with Crippen molar-refractivity contribution in [2.45, 2.75) is 13.3 Å². The van der Waals surface area contributed by atoms with E-state index in [-0.39, 0.29) is 5.56 Å². The lowest BCUT2D eigenvalue weighted by atomic mass is 10.2. The van der Waals surface area contributed by atoms with Gasteiger partial charge in [-0.15, -0.1) is 13.2 Å². The Balaban J connectivity index is 3.35. The summed E-state index contributed by atoms with van der Waals surface area (Å²) in [6.07, 6.45) is -5.03. The van der Waals surface area contributed by atoms with E-state index in [0.717, 1.165) is 6.07 Å². The third-order valence-corrected chi connectivity index (χ3v) is 1.98. The van der Waals surface area contributed by atoms with Crippen LogP contribution in [0.1, 0.15) is 5.56 Å². The van der Waals surface area contributed by atoms with E-state index in [1.807, 2.05) is 0 Å². The van der Waals surface area contributed by atoms with Gasteiger partial charge in [-0.3, -0.25) is 10.1 Å². The normalized spacial score (nSPS) is 11.3. The van der Waals surface area contributed by atoms with Gasteiger partial charge in [0.05, 0.1) is 9.95 Å². The summed E-state index contributed by atoms with van der Waals surface area (Å²) in [6, 6.07) is 2.34. The van der Waals surface area contributed by atoms with Gasteiger partial charge in [0.1, 0.15) is 0 Å². The van der Waals surface area contributed by atoms with Crippen LogP contribution in [0, 0.1) is 17.0 Å². The molecule has 0 saturated carbocycles. The van der Waals surface area contributed by atoms with Crippen molar-refractivity contribution in [2.75, 3.05) is 0 Å². The fourth-order valence-corrected chi connectivity index (χ4v) is 1.28. The van der Waals surface area contributed by atoms with Crippen molar-refractivity contribution >= 4 is 17.3 Å². The van der Waals surface area contributed by atoms with Gasteiger partial charge >= 0.3 is 12.0 Å². The lowest BCUT2D eigenvalue weighted by Crippen LogP contribution is -2.18. The van der Waals surface area contributed by atoms with Gasteiger partial charge in [-0.05, 0) is 13.0 Å². The van der Waals surface area contributed by atoms with E-state index < -0.39 is 27.7 Å². The minimum absolute atomic E-state index is 0.0358. The number of aryl methyl sites for hydroxylation is 1. The Bertz CT molecular complexity index is 433. The molecule has 0 aliphatic carbocycles. The Labute approximate surface area is 92.7 Å². The van der Waals surface area contributed by atoms with Gasteiger partial charge in [0, 0.05) is 5.56 Å². The van der Waals surface area contributed by atoms with E-state index in [0.29, 0.717) is 0 Å². The third-order valence-electron chi connectivity index (χ3n) is 1.69. The van der Waals surface area contributed by atoms with Crippen LogP contribution < -0.4 is 4.74 Å². The largest absolute Gasteiger partial charge is 0.573 e. The van der Waals surface area contributed by atoms with Crippen molar-refractivity contribution in [3.63, 3.8) is 0 Å². The number of nitro groups is 1. The monoisotopic (exact) mass is 255 g/mol. The Morgan fingerprint density at radius 3 is 2.44 bits per heavy atom. The number of halogens is 4. The molecular weight excluding hydrogens is 251 g/mol. The topological polar surface area (TPSA) is 52.4 Å². The van der Waals surface area contributed by atoms with Crippen LogP contribution in [0.15, 0.2) is 12.1 Å². The Hall–Kier alpha value is -1.50. The number of benzene rings is 1. The second kappa shape index (κ2) is 4.17. The number of rotatable bonds is 2. The first kappa shape index (κ1) is 12.6. The third kappa shape index (κ3) is 2.75. The zero-order valence-electron chi connectivity index (χ0n) is 7.84. The number of hydrogen-bond donors (Lipinski definition) is 0. The van der Waals surface area contributed by atoms with Gasteiger partial charge < -0.3 is 4.74 Å².